The predicted molar refractivity (Wildman–Crippen MR) is 57.9 cm³/mol. The van der Waals surface area contributed by atoms with Gasteiger partial charge >= 0.3 is 98.6 Å². The molecule has 0 aliphatic carbocycles. The maximum Gasteiger partial charge on any atom is 0 e. The average molecular weight is 354 g/mol. The summed E-state index contributed by atoms with van der Waals surface area (Å²) in [6, 6.07) is 0. The summed E-state index contributed by atoms with van der Waals surface area (Å²) in [5.41, 5.74) is 0. The SMILES string of the molecule is CCCCCCCCCCCC(=O)[O][Mo].[Co]. The molecule has 0 aromatic rings. The van der Waals surface area contributed by atoms with Crippen LogP contribution in [0.5, 0.6) is 0 Å². The van der Waals surface area contributed by atoms with Gasteiger partial charge in [-0.2, -0.15) is 0 Å². The molecular formula is C12H23CoMoO2. The van der Waals surface area contributed by atoms with Gasteiger partial charge in [0.2, 0.25) is 0 Å². The van der Waals surface area contributed by atoms with E-state index in [1.807, 2.05) is 0 Å². The van der Waals surface area contributed by atoms with E-state index in [1.54, 1.807) is 0 Å². The van der Waals surface area contributed by atoms with E-state index in [-0.39, 0.29) is 22.7 Å². The van der Waals surface area contributed by atoms with Gasteiger partial charge in [0.15, 0.2) is 0 Å². The first-order chi connectivity index (χ1) is 7.31. The predicted octanol–water partition coefficient (Wildman–Crippen LogP) is 3.91. The van der Waals surface area contributed by atoms with Crippen LogP contribution in [0.1, 0.15) is 71.1 Å². The smallest absolute Gasteiger partial charge is 0 e. The van der Waals surface area contributed by atoms with Gasteiger partial charge in [-0.15, -0.1) is 0 Å². The first kappa shape index (κ1) is 19.0. The Labute approximate surface area is 122 Å². The zero-order valence-electron chi connectivity index (χ0n) is 10.1. The molecule has 2 nitrogen and oxygen atoms in total. The molecule has 0 saturated heterocycles. The Balaban J connectivity index is 0. The summed E-state index contributed by atoms with van der Waals surface area (Å²) in [5, 5.41) is 0. The second kappa shape index (κ2) is 15.7. The first-order valence-corrected chi connectivity index (χ1v) is 6.95. The molecule has 16 heavy (non-hydrogen) atoms. The van der Waals surface area contributed by atoms with Crippen LogP contribution >= 0.6 is 0 Å². The minimum atomic E-state index is -0.0669. The number of hydrogen-bond donors (Lipinski definition) is 0. The summed E-state index contributed by atoms with van der Waals surface area (Å²) in [5.74, 6) is -0.0669. The van der Waals surface area contributed by atoms with E-state index in [0.717, 1.165) is 6.42 Å². The number of hydrogen-bond acceptors (Lipinski definition) is 2. The molecule has 0 aliphatic heterocycles. The van der Waals surface area contributed by atoms with E-state index in [0.29, 0.717) is 6.42 Å². The van der Waals surface area contributed by atoms with E-state index in [1.165, 1.54) is 71.6 Å². The van der Waals surface area contributed by atoms with Crippen molar-refractivity contribution in [3.8, 4) is 0 Å². The quantitative estimate of drug-likeness (QED) is 0.439. The Hall–Kier alpha value is 0.665. The summed E-state index contributed by atoms with van der Waals surface area (Å²) < 4.78 is 4.59. The van der Waals surface area contributed by atoms with Gasteiger partial charge in [0.25, 0.3) is 0 Å². The topological polar surface area (TPSA) is 26.3 Å². The Morgan fingerprint density at radius 1 is 0.938 bits per heavy atom. The summed E-state index contributed by atoms with van der Waals surface area (Å²) in [6.45, 7) is 2.24. The van der Waals surface area contributed by atoms with E-state index in [9.17, 15) is 4.79 Å². The molecule has 0 aliphatic rings. The summed E-state index contributed by atoms with van der Waals surface area (Å²) in [4.78, 5) is 10.8. The van der Waals surface area contributed by atoms with Crippen molar-refractivity contribution >= 4 is 5.97 Å². The molecule has 98 valence electrons. The molecule has 0 unspecified atom stereocenters. The second-order valence-corrected chi connectivity index (χ2v) is 4.44. The first-order valence-electron chi connectivity index (χ1n) is 6.14. The fraction of sp³-hybridized carbons (Fsp3) is 0.917. The Morgan fingerprint density at radius 2 is 1.38 bits per heavy atom. The van der Waals surface area contributed by atoms with Crippen molar-refractivity contribution in [3.05, 3.63) is 0 Å². The van der Waals surface area contributed by atoms with Crippen molar-refractivity contribution in [1.82, 2.24) is 0 Å². The van der Waals surface area contributed by atoms with Gasteiger partial charge in [-0.25, -0.2) is 0 Å². The monoisotopic (exact) mass is 356 g/mol. The van der Waals surface area contributed by atoms with E-state index >= 15 is 0 Å². The Kier molecular flexibility index (Phi) is 18.6. The van der Waals surface area contributed by atoms with Crippen molar-refractivity contribution in [2.24, 2.45) is 0 Å². The van der Waals surface area contributed by atoms with Gasteiger partial charge in [-0.05, 0) is 0 Å². The summed E-state index contributed by atoms with van der Waals surface area (Å²) in [7, 11) is 0. The number of unbranched alkanes of at least 4 members (excludes halogenated alkanes) is 8. The van der Waals surface area contributed by atoms with Gasteiger partial charge in [0, 0.05) is 16.8 Å². The minimum Gasteiger partial charge on any atom is 0 e. The van der Waals surface area contributed by atoms with Gasteiger partial charge < -0.3 is 0 Å². The summed E-state index contributed by atoms with van der Waals surface area (Å²) >= 11 is 1.39. The maximum atomic E-state index is 10.8. The second-order valence-electron chi connectivity index (χ2n) is 4.03. The molecule has 0 aromatic heterocycles. The van der Waals surface area contributed by atoms with Crippen LogP contribution in [0.3, 0.4) is 0 Å². The molecule has 0 fully saturated rings. The van der Waals surface area contributed by atoms with E-state index in [4.69, 9.17) is 0 Å². The van der Waals surface area contributed by atoms with Gasteiger partial charge in [-0.3, -0.25) is 0 Å². The Morgan fingerprint density at radius 3 is 1.81 bits per heavy atom. The number of carbonyl (C=O) groups excluding carboxylic acids is 1. The van der Waals surface area contributed by atoms with Gasteiger partial charge in [0.1, 0.15) is 0 Å². The maximum absolute atomic E-state index is 10.8. The van der Waals surface area contributed by atoms with Crippen molar-refractivity contribution in [2.75, 3.05) is 0 Å². The third-order valence-corrected chi connectivity index (χ3v) is 3.03. The van der Waals surface area contributed by atoms with Gasteiger partial charge in [-0.1, -0.05) is 6.92 Å². The fourth-order valence-corrected chi connectivity index (χ4v) is 1.83. The number of carbonyl (C=O) groups is 1. The molecule has 4 heteroatoms. The zero-order chi connectivity index (χ0) is 11.4. The normalized spacial score (nSPS) is 9.56. The molecular weight excluding hydrogens is 331 g/mol. The Bertz CT molecular complexity index is 154. The van der Waals surface area contributed by atoms with E-state index < -0.39 is 0 Å². The van der Waals surface area contributed by atoms with Crippen molar-refractivity contribution in [1.29, 1.82) is 0 Å². The zero-order valence-corrected chi connectivity index (χ0v) is 13.2. The molecule has 0 spiro atoms. The van der Waals surface area contributed by atoms with Crippen molar-refractivity contribution in [3.63, 3.8) is 0 Å². The molecule has 0 rings (SSSR count). The van der Waals surface area contributed by atoms with Crippen molar-refractivity contribution < 1.29 is 45.2 Å². The van der Waals surface area contributed by atoms with Crippen LogP contribution < -0.4 is 0 Å². The molecule has 0 aromatic carbocycles. The van der Waals surface area contributed by atoms with Gasteiger partial charge in [0.05, 0.1) is 0 Å². The standard InChI is InChI=1S/C12H24O2.Co.Mo/c1-2-3-4-5-6-7-8-9-10-11-12(13)14;;/h2-11H2,1H3,(H,13,14);;/q;;+1/p-1. The largest absolute Gasteiger partial charge is 0 e. The van der Waals surface area contributed by atoms with E-state index in [2.05, 4.69) is 10.3 Å². The fourth-order valence-electron chi connectivity index (χ4n) is 1.62. The average Bonchev–Trinajstić information content (AvgIpc) is 2.26. The molecule has 0 bridgehead atoms. The van der Waals surface area contributed by atoms with Crippen LogP contribution in [0.2, 0.25) is 0 Å². The third-order valence-electron chi connectivity index (χ3n) is 2.58. The third kappa shape index (κ3) is 14.7. The molecule has 0 saturated carbocycles. The molecule has 0 atom stereocenters. The number of rotatable bonds is 10. The van der Waals surface area contributed by atoms with Crippen molar-refractivity contribution in [2.45, 2.75) is 71.1 Å². The van der Waals surface area contributed by atoms with Crippen LogP contribution in [-0.2, 0) is 45.2 Å². The molecule has 0 amide bonds. The van der Waals surface area contributed by atoms with Crippen LogP contribution in [0, 0.1) is 0 Å². The van der Waals surface area contributed by atoms with Crippen LogP contribution in [0.15, 0.2) is 0 Å². The molecule has 1 radical (unpaired) electrons. The summed E-state index contributed by atoms with van der Waals surface area (Å²) in [6.07, 6.45) is 12.2. The van der Waals surface area contributed by atoms with Crippen LogP contribution in [-0.4, -0.2) is 5.97 Å². The molecule has 0 N–H and O–H groups in total. The van der Waals surface area contributed by atoms with Crippen LogP contribution in [0.4, 0.5) is 0 Å². The van der Waals surface area contributed by atoms with Crippen LogP contribution in [0.25, 0.3) is 0 Å². The minimum absolute atomic E-state index is 0. The molecule has 0 heterocycles.